The molecule has 0 radical (unpaired) electrons. The molecule has 0 saturated carbocycles. The zero-order valence-electron chi connectivity index (χ0n) is 15.4. The molecule has 1 saturated heterocycles. The third kappa shape index (κ3) is 4.44. The van der Waals surface area contributed by atoms with Gasteiger partial charge in [-0.05, 0) is 18.6 Å². The van der Waals surface area contributed by atoms with Gasteiger partial charge in [0, 0.05) is 24.7 Å². The lowest BCUT2D eigenvalue weighted by atomic mass is 9.98. The van der Waals surface area contributed by atoms with Gasteiger partial charge in [-0.1, -0.05) is 20.3 Å². The maximum atomic E-state index is 12.5. The lowest BCUT2D eigenvalue weighted by molar-refractivity contribution is -0.150. The summed E-state index contributed by atoms with van der Waals surface area (Å²) in [5.74, 6) is 0.272. The van der Waals surface area contributed by atoms with E-state index < -0.39 is 5.92 Å². The van der Waals surface area contributed by atoms with Crippen molar-refractivity contribution in [3.8, 4) is 11.5 Å². The minimum atomic E-state index is -0.409. The summed E-state index contributed by atoms with van der Waals surface area (Å²) in [5, 5.41) is 0. The van der Waals surface area contributed by atoms with Gasteiger partial charge < -0.3 is 19.1 Å². The highest BCUT2D eigenvalue weighted by Crippen LogP contribution is 2.31. The molecule has 2 unspecified atom stereocenters. The minimum Gasteiger partial charge on any atom is -0.497 e. The molecule has 6 nitrogen and oxygen atoms in total. The number of carbonyl (C=O) groups is 2. The molecule has 1 aliphatic rings. The van der Waals surface area contributed by atoms with E-state index in [1.165, 1.54) is 0 Å². The quantitative estimate of drug-likeness (QED) is 0.533. The number of nitrogens with zero attached hydrogens (tertiary/aromatic N) is 1. The second kappa shape index (κ2) is 8.74. The van der Waals surface area contributed by atoms with E-state index in [1.54, 1.807) is 32.1 Å². The van der Waals surface area contributed by atoms with E-state index in [4.69, 9.17) is 14.2 Å². The number of hydrogen-bond acceptors (Lipinski definition) is 5. The van der Waals surface area contributed by atoms with E-state index in [0.29, 0.717) is 31.2 Å². The highest BCUT2D eigenvalue weighted by molar-refractivity contribution is 5.88. The number of carbonyl (C=O) groups excluding carboxylic acids is 2. The zero-order valence-corrected chi connectivity index (χ0v) is 15.4. The summed E-state index contributed by atoms with van der Waals surface area (Å²) < 4.78 is 15.9. The van der Waals surface area contributed by atoms with Gasteiger partial charge in [-0.3, -0.25) is 9.59 Å². The smallest absolute Gasteiger partial charge is 0.311 e. The molecule has 2 atom stereocenters. The number of likely N-dealkylation sites (tertiary alicyclic amines) is 1. The molecule has 0 spiro atoms. The van der Waals surface area contributed by atoms with Crippen molar-refractivity contribution >= 4 is 11.9 Å². The number of rotatable bonds is 8. The molecular formula is C19H27NO5. The van der Waals surface area contributed by atoms with Crippen LogP contribution in [0.25, 0.3) is 0 Å². The van der Waals surface area contributed by atoms with E-state index in [2.05, 4.69) is 0 Å². The predicted molar refractivity (Wildman–Crippen MR) is 93.5 cm³/mol. The first kappa shape index (κ1) is 19.1. The second-order valence-electron chi connectivity index (χ2n) is 6.31. The predicted octanol–water partition coefficient (Wildman–Crippen LogP) is 2.64. The molecule has 0 aromatic heterocycles. The average molecular weight is 349 g/mol. The van der Waals surface area contributed by atoms with E-state index in [9.17, 15) is 9.59 Å². The zero-order chi connectivity index (χ0) is 18.4. The van der Waals surface area contributed by atoms with E-state index in [1.807, 2.05) is 19.1 Å². The standard InChI is InChI=1S/C19H27NO5/c1-5-6-9-25-19(22)16-12-20(18(21)13(16)2)11-14-7-8-15(23-3)10-17(14)24-4/h7-8,10,13,16H,5-6,9,11-12H2,1-4H3. The highest BCUT2D eigenvalue weighted by Gasteiger charge is 2.42. The molecule has 1 heterocycles. The van der Waals surface area contributed by atoms with Gasteiger partial charge in [0.25, 0.3) is 0 Å². The van der Waals surface area contributed by atoms with Crippen LogP contribution in [-0.4, -0.2) is 44.1 Å². The Kier molecular flexibility index (Phi) is 6.67. The van der Waals surface area contributed by atoms with Gasteiger partial charge in [0.2, 0.25) is 5.91 Å². The molecule has 0 bridgehead atoms. The molecular weight excluding hydrogens is 322 g/mol. The topological polar surface area (TPSA) is 65.1 Å². The summed E-state index contributed by atoms with van der Waals surface area (Å²) >= 11 is 0. The van der Waals surface area contributed by atoms with E-state index >= 15 is 0 Å². The number of esters is 1. The SMILES string of the molecule is CCCCOC(=O)C1CN(Cc2ccc(OC)cc2OC)C(=O)C1C. The largest absolute Gasteiger partial charge is 0.497 e. The molecule has 0 aliphatic carbocycles. The van der Waals surface area contributed by atoms with Crippen molar-refractivity contribution in [2.45, 2.75) is 33.2 Å². The van der Waals surface area contributed by atoms with Crippen LogP contribution >= 0.6 is 0 Å². The van der Waals surface area contributed by atoms with Crippen molar-refractivity contribution in [1.82, 2.24) is 4.90 Å². The molecule has 25 heavy (non-hydrogen) atoms. The Hall–Kier alpha value is -2.24. The molecule has 0 N–H and O–H groups in total. The molecule has 1 aliphatic heterocycles. The van der Waals surface area contributed by atoms with Crippen molar-refractivity contribution in [3.05, 3.63) is 23.8 Å². The van der Waals surface area contributed by atoms with Crippen LogP contribution in [0.3, 0.4) is 0 Å². The van der Waals surface area contributed by atoms with Crippen LogP contribution in [0.1, 0.15) is 32.3 Å². The van der Waals surface area contributed by atoms with E-state index in [-0.39, 0.29) is 17.8 Å². The van der Waals surface area contributed by atoms with Crippen molar-refractivity contribution in [1.29, 1.82) is 0 Å². The summed E-state index contributed by atoms with van der Waals surface area (Å²) in [6.45, 7) is 5.02. The Balaban J connectivity index is 2.06. The Morgan fingerprint density at radius 2 is 2.04 bits per heavy atom. The van der Waals surface area contributed by atoms with Crippen molar-refractivity contribution in [3.63, 3.8) is 0 Å². The van der Waals surface area contributed by atoms with Crippen LogP contribution in [0.15, 0.2) is 18.2 Å². The van der Waals surface area contributed by atoms with Crippen LogP contribution in [-0.2, 0) is 20.9 Å². The van der Waals surface area contributed by atoms with Gasteiger partial charge in [-0.15, -0.1) is 0 Å². The van der Waals surface area contributed by atoms with Crippen LogP contribution in [0.2, 0.25) is 0 Å². The molecule has 138 valence electrons. The summed E-state index contributed by atoms with van der Waals surface area (Å²) in [4.78, 5) is 26.5. The van der Waals surface area contributed by atoms with Crippen LogP contribution in [0.4, 0.5) is 0 Å². The van der Waals surface area contributed by atoms with Gasteiger partial charge in [-0.25, -0.2) is 0 Å². The third-order valence-electron chi connectivity index (χ3n) is 4.62. The minimum absolute atomic E-state index is 0.0321. The van der Waals surface area contributed by atoms with Gasteiger partial charge in [0.15, 0.2) is 0 Å². The Morgan fingerprint density at radius 1 is 1.28 bits per heavy atom. The third-order valence-corrected chi connectivity index (χ3v) is 4.62. The van der Waals surface area contributed by atoms with Crippen molar-refractivity contribution in [2.24, 2.45) is 11.8 Å². The average Bonchev–Trinajstić information content (AvgIpc) is 2.90. The number of hydrogen-bond donors (Lipinski definition) is 0. The van der Waals surface area contributed by atoms with Gasteiger partial charge in [-0.2, -0.15) is 0 Å². The number of benzene rings is 1. The lowest BCUT2D eigenvalue weighted by Gasteiger charge is -2.18. The fourth-order valence-corrected chi connectivity index (χ4v) is 2.98. The maximum absolute atomic E-state index is 12.5. The van der Waals surface area contributed by atoms with Gasteiger partial charge in [0.05, 0.1) is 32.7 Å². The fourth-order valence-electron chi connectivity index (χ4n) is 2.98. The highest BCUT2D eigenvalue weighted by atomic mass is 16.5. The Morgan fingerprint density at radius 3 is 2.68 bits per heavy atom. The summed E-state index contributed by atoms with van der Waals surface area (Å²) in [6.07, 6.45) is 1.81. The first-order chi connectivity index (χ1) is 12.0. The molecule has 6 heteroatoms. The Labute approximate surface area is 149 Å². The molecule has 1 amide bonds. The first-order valence-corrected chi connectivity index (χ1v) is 8.68. The van der Waals surface area contributed by atoms with Gasteiger partial charge >= 0.3 is 5.97 Å². The normalized spacial score (nSPS) is 19.8. The lowest BCUT2D eigenvalue weighted by Crippen LogP contribution is -2.26. The number of methoxy groups -OCH3 is 2. The van der Waals surface area contributed by atoms with Crippen molar-refractivity contribution < 1.29 is 23.8 Å². The molecule has 1 aromatic rings. The fraction of sp³-hybridized carbons (Fsp3) is 0.579. The first-order valence-electron chi connectivity index (χ1n) is 8.68. The van der Waals surface area contributed by atoms with Crippen LogP contribution in [0, 0.1) is 11.8 Å². The summed E-state index contributed by atoms with van der Waals surface area (Å²) in [5.41, 5.74) is 0.879. The number of unbranched alkanes of at least 4 members (excludes halogenated alkanes) is 1. The summed E-state index contributed by atoms with van der Waals surface area (Å²) in [6, 6.07) is 5.50. The Bertz CT molecular complexity index is 616. The second-order valence-corrected chi connectivity index (χ2v) is 6.31. The monoisotopic (exact) mass is 349 g/mol. The molecule has 2 rings (SSSR count). The van der Waals surface area contributed by atoms with Crippen LogP contribution < -0.4 is 9.47 Å². The number of amides is 1. The van der Waals surface area contributed by atoms with Crippen molar-refractivity contribution in [2.75, 3.05) is 27.4 Å². The maximum Gasteiger partial charge on any atom is 0.311 e. The molecule has 1 aromatic carbocycles. The van der Waals surface area contributed by atoms with Crippen LogP contribution in [0.5, 0.6) is 11.5 Å². The van der Waals surface area contributed by atoms with E-state index in [0.717, 1.165) is 18.4 Å². The number of ether oxygens (including phenoxy) is 3. The van der Waals surface area contributed by atoms with Gasteiger partial charge in [0.1, 0.15) is 11.5 Å². The molecule has 1 fully saturated rings. The summed E-state index contributed by atoms with van der Waals surface area (Å²) in [7, 11) is 3.18.